The Morgan fingerprint density at radius 1 is 1.20 bits per heavy atom. The maximum Gasteiger partial charge on any atom is 0.279 e. The fourth-order valence-corrected chi connectivity index (χ4v) is 3.90. The van der Waals surface area contributed by atoms with Crippen molar-refractivity contribution >= 4 is 27.5 Å². The minimum absolute atomic E-state index is 0.190. The highest BCUT2D eigenvalue weighted by Crippen LogP contribution is 2.23. The number of amides is 1. The van der Waals surface area contributed by atoms with E-state index in [9.17, 15) is 4.79 Å². The third-order valence-electron chi connectivity index (χ3n) is 4.16. The van der Waals surface area contributed by atoms with Crippen LogP contribution in [0.15, 0.2) is 41.4 Å². The molecule has 0 fully saturated rings. The number of benzene rings is 2. The number of hydrogen-bond donors (Lipinski definition) is 0. The molecule has 3 rings (SSSR count). The number of aromatic nitrogens is 1. The van der Waals surface area contributed by atoms with Gasteiger partial charge in [0, 0.05) is 12.1 Å². The molecule has 2 aromatic carbocycles. The fraction of sp³-hybridized carbons (Fsp3) is 0.300. The van der Waals surface area contributed by atoms with E-state index in [2.05, 4.69) is 16.5 Å². The summed E-state index contributed by atoms with van der Waals surface area (Å²) in [5.41, 5.74) is 3.76. The molecule has 3 aromatic rings. The monoisotopic (exact) mass is 354 g/mol. The lowest BCUT2D eigenvalue weighted by Gasteiger charge is -2.05. The number of nitrogens with zero attached hydrogens (tertiary/aromatic N) is 2. The van der Waals surface area contributed by atoms with Crippen LogP contribution in [0.3, 0.4) is 0 Å². The molecule has 0 N–H and O–H groups in total. The van der Waals surface area contributed by atoms with Crippen LogP contribution in [0, 0.1) is 13.8 Å². The molecule has 0 aliphatic rings. The normalized spacial score (nSPS) is 11.9. The summed E-state index contributed by atoms with van der Waals surface area (Å²) in [6.07, 6.45) is 0.975. The van der Waals surface area contributed by atoms with E-state index in [0.717, 1.165) is 44.9 Å². The SMILES string of the molecule is CCCn1c(=NC(=O)c2cc(C)ccc2C)sc2cc(OC)ccc21. The van der Waals surface area contributed by atoms with Gasteiger partial charge in [0.15, 0.2) is 4.80 Å². The van der Waals surface area contributed by atoms with E-state index in [1.807, 2.05) is 50.2 Å². The second kappa shape index (κ2) is 7.23. The number of hydrogen-bond acceptors (Lipinski definition) is 3. The van der Waals surface area contributed by atoms with Gasteiger partial charge in [0.05, 0.1) is 17.3 Å². The molecule has 1 aromatic heterocycles. The van der Waals surface area contributed by atoms with Crippen LogP contribution in [0.1, 0.15) is 34.8 Å². The number of carbonyl (C=O) groups is 1. The van der Waals surface area contributed by atoms with Crippen molar-refractivity contribution < 1.29 is 9.53 Å². The average molecular weight is 354 g/mol. The van der Waals surface area contributed by atoms with Crippen LogP contribution in [-0.4, -0.2) is 17.6 Å². The number of fused-ring (bicyclic) bond motifs is 1. The number of rotatable bonds is 4. The van der Waals surface area contributed by atoms with Crippen LogP contribution in [-0.2, 0) is 6.54 Å². The third kappa shape index (κ3) is 3.51. The number of thiazole rings is 1. The Kier molecular flexibility index (Phi) is 5.04. The van der Waals surface area contributed by atoms with E-state index in [-0.39, 0.29) is 5.91 Å². The zero-order valence-electron chi connectivity index (χ0n) is 15.0. The lowest BCUT2D eigenvalue weighted by molar-refractivity contribution is 0.0997. The van der Waals surface area contributed by atoms with Crippen LogP contribution in [0.2, 0.25) is 0 Å². The minimum atomic E-state index is -0.190. The largest absolute Gasteiger partial charge is 0.497 e. The third-order valence-corrected chi connectivity index (χ3v) is 5.20. The smallest absolute Gasteiger partial charge is 0.279 e. The summed E-state index contributed by atoms with van der Waals surface area (Å²) in [5.74, 6) is 0.620. The van der Waals surface area contributed by atoms with Gasteiger partial charge in [0.25, 0.3) is 5.91 Å². The molecule has 0 spiro atoms. The fourth-order valence-electron chi connectivity index (χ4n) is 2.82. The molecular weight excluding hydrogens is 332 g/mol. The molecule has 0 aliphatic heterocycles. The Morgan fingerprint density at radius 3 is 2.72 bits per heavy atom. The predicted molar refractivity (Wildman–Crippen MR) is 102 cm³/mol. The van der Waals surface area contributed by atoms with Crippen molar-refractivity contribution in [2.24, 2.45) is 4.99 Å². The van der Waals surface area contributed by atoms with E-state index in [1.54, 1.807) is 7.11 Å². The summed E-state index contributed by atoms with van der Waals surface area (Å²) < 4.78 is 8.49. The van der Waals surface area contributed by atoms with Crippen LogP contribution in [0.4, 0.5) is 0 Å². The Bertz CT molecular complexity index is 999. The summed E-state index contributed by atoms with van der Waals surface area (Å²) in [5, 5.41) is 0. The van der Waals surface area contributed by atoms with Crippen LogP contribution >= 0.6 is 11.3 Å². The first kappa shape index (κ1) is 17.4. The van der Waals surface area contributed by atoms with Crippen LogP contribution in [0.25, 0.3) is 10.2 Å². The first-order valence-corrected chi connectivity index (χ1v) is 9.19. The van der Waals surface area contributed by atoms with Gasteiger partial charge in [-0.05, 0) is 50.1 Å². The number of ether oxygens (including phenoxy) is 1. The summed E-state index contributed by atoms with van der Waals surface area (Å²) in [4.78, 5) is 17.9. The molecule has 0 saturated carbocycles. The molecule has 0 aliphatic carbocycles. The van der Waals surface area contributed by atoms with Gasteiger partial charge in [-0.2, -0.15) is 4.99 Å². The van der Waals surface area contributed by atoms with E-state index in [4.69, 9.17) is 4.74 Å². The number of methoxy groups -OCH3 is 1. The summed E-state index contributed by atoms with van der Waals surface area (Å²) in [7, 11) is 1.66. The molecule has 5 heteroatoms. The molecule has 0 unspecified atom stereocenters. The summed E-state index contributed by atoms with van der Waals surface area (Å²) in [6, 6.07) is 11.8. The van der Waals surface area contributed by atoms with Crippen molar-refractivity contribution in [3.63, 3.8) is 0 Å². The van der Waals surface area contributed by atoms with Gasteiger partial charge in [0.2, 0.25) is 0 Å². The second-order valence-corrected chi connectivity index (χ2v) is 7.11. The predicted octanol–water partition coefficient (Wildman–Crippen LogP) is 4.48. The molecule has 0 atom stereocenters. The van der Waals surface area contributed by atoms with E-state index in [0.29, 0.717) is 5.56 Å². The summed E-state index contributed by atoms with van der Waals surface area (Å²) >= 11 is 1.52. The summed E-state index contributed by atoms with van der Waals surface area (Å²) in [6.45, 7) is 6.87. The van der Waals surface area contributed by atoms with Crippen molar-refractivity contribution in [3.8, 4) is 5.75 Å². The Balaban J connectivity index is 2.15. The highest BCUT2D eigenvalue weighted by molar-refractivity contribution is 7.16. The number of aryl methyl sites for hydroxylation is 3. The average Bonchev–Trinajstić information content (AvgIpc) is 2.93. The zero-order chi connectivity index (χ0) is 18.0. The number of carbonyl (C=O) groups excluding carboxylic acids is 1. The molecule has 1 heterocycles. The minimum Gasteiger partial charge on any atom is -0.497 e. The van der Waals surface area contributed by atoms with Gasteiger partial charge in [-0.25, -0.2) is 0 Å². The van der Waals surface area contributed by atoms with E-state index in [1.165, 1.54) is 11.3 Å². The Hall–Kier alpha value is -2.40. The standard InChI is InChI=1S/C20H22N2O2S/c1-5-10-22-17-9-8-15(24-4)12-18(17)25-20(22)21-19(23)16-11-13(2)6-7-14(16)3/h6-9,11-12H,5,10H2,1-4H3. The first-order valence-electron chi connectivity index (χ1n) is 8.37. The van der Waals surface area contributed by atoms with Crippen molar-refractivity contribution in [2.75, 3.05) is 7.11 Å². The quantitative estimate of drug-likeness (QED) is 0.693. The van der Waals surface area contributed by atoms with Crippen molar-refractivity contribution in [1.29, 1.82) is 0 Å². The van der Waals surface area contributed by atoms with Crippen molar-refractivity contribution in [1.82, 2.24) is 4.57 Å². The molecule has 4 nitrogen and oxygen atoms in total. The van der Waals surface area contributed by atoms with Gasteiger partial charge in [-0.1, -0.05) is 36.0 Å². The second-order valence-electron chi connectivity index (χ2n) is 6.11. The van der Waals surface area contributed by atoms with Gasteiger partial charge in [-0.15, -0.1) is 0 Å². The van der Waals surface area contributed by atoms with Crippen LogP contribution in [0.5, 0.6) is 5.75 Å². The van der Waals surface area contributed by atoms with E-state index >= 15 is 0 Å². The zero-order valence-corrected chi connectivity index (χ0v) is 15.8. The maximum absolute atomic E-state index is 12.7. The Labute approximate surface area is 151 Å². The van der Waals surface area contributed by atoms with Crippen LogP contribution < -0.4 is 9.54 Å². The van der Waals surface area contributed by atoms with Gasteiger partial charge < -0.3 is 9.30 Å². The highest BCUT2D eigenvalue weighted by Gasteiger charge is 2.11. The van der Waals surface area contributed by atoms with Crippen molar-refractivity contribution in [3.05, 3.63) is 57.9 Å². The maximum atomic E-state index is 12.7. The lowest BCUT2D eigenvalue weighted by Crippen LogP contribution is -2.17. The van der Waals surface area contributed by atoms with Crippen molar-refractivity contribution in [2.45, 2.75) is 33.7 Å². The van der Waals surface area contributed by atoms with Gasteiger partial charge in [-0.3, -0.25) is 4.79 Å². The molecule has 0 radical (unpaired) electrons. The Morgan fingerprint density at radius 2 is 2.00 bits per heavy atom. The lowest BCUT2D eigenvalue weighted by atomic mass is 10.1. The first-order chi connectivity index (χ1) is 12.0. The molecule has 130 valence electrons. The molecule has 0 bridgehead atoms. The van der Waals surface area contributed by atoms with E-state index < -0.39 is 0 Å². The molecule has 25 heavy (non-hydrogen) atoms. The topological polar surface area (TPSA) is 43.6 Å². The molecular formula is C20H22N2O2S. The molecule has 0 saturated heterocycles. The van der Waals surface area contributed by atoms with Gasteiger partial charge in [0.1, 0.15) is 5.75 Å². The highest BCUT2D eigenvalue weighted by atomic mass is 32.1. The molecule has 1 amide bonds. The van der Waals surface area contributed by atoms with Gasteiger partial charge >= 0.3 is 0 Å².